The third-order valence-corrected chi connectivity index (χ3v) is 4.97. The van der Waals surface area contributed by atoms with Crippen LogP contribution < -0.4 is 15.1 Å². The summed E-state index contributed by atoms with van der Waals surface area (Å²) in [6, 6.07) is 16.0. The van der Waals surface area contributed by atoms with Crippen molar-refractivity contribution >= 4 is 17.8 Å². The van der Waals surface area contributed by atoms with E-state index in [0.29, 0.717) is 11.7 Å². The lowest BCUT2D eigenvalue weighted by Crippen LogP contribution is -2.24. The maximum atomic E-state index is 11.9. The Morgan fingerprint density at radius 2 is 1.72 bits per heavy atom. The summed E-state index contributed by atoms with van der Waals surface area (Å²) in [6.45, 7) is 10.6. The van der Waals surface area contributed by atoms with Crippen LogP contribution in [-0.2, 0) is 4.79 Å². The molecule has 0 aliphatic heterocycles. The zero-order valence-electron chi connectivity index (χ0n) is 18.0. The summed E-state index contributed by atoms with van der Waals surface area (Å²) in [5, 5.41) is 4.01. The Kier molecular flexibility index (Phi) is 9.22. The fraction of sp³-hybridized carbons (Fsp3) is 0.417. The molecule has 2 aromatic rings. The number of rotatable bonds is 11. The lowest BCUT2D eigenvalue weighted by Gasteiger charge is -2.20. The molecule has 1 atom stereocenters. The minimum atomic E-state index is -0.288. The molecule has 1 amide bonds. The molecule has 5 nitrogen and oxygen atoms in total. The number of amides is 1. The maximum absolute atomic E-state index is 11.9. The monoisotopic (exact) mass is 395 g/mol. The second-order valence-corrected chi connectivity index (χ2v) is 7.10. The maximum Gasteiger partial charge on any atom is 0.277 e. The fourth-order valence-corrected chi connectivity index (χ4v) is 3.21. The Balaban J connectivity index is 1.78. The van der Waals surface area contributed by atoms with E-state index in [-0.39, 0.29) is 12.5 Å². The third kappa shape index (κ3) is 7.26. The number of benzene rings is 2. The number of hydrogen-bond donors (Lipinski definition) is 1. The third-order valence-electron chi connectivity index (χ3n) is 4.97. The van der Waals surface area contributed by atoms with Crippen LogP contribution in [-0.4, -0.2) is 31.8 Å². The molecule has 2 aromatic carbocycles. The van der Waals surface area contributed by atoms with E-state index < -0.39 is 0 Å². The first-order chi connectivity index (χ1) is 14.1. The minimum absolute atomic E-state index is 0.0674. The highest BCUT2D eigenvalue weighted by Gasteiger charge is 2.06. The second-order valence-electron chi connectivity index (χ2n) is 7.10. The van der Waals surface area contributed by atoms with Gasteiger partial charge in [0.15, 0.2) is 6.61 Å². The van der Waals surface area contributed by atoms with Gasteiger partial charge in [-0.05, 0) is 61.6 Å². The number of carbonyl (C=O) groups is 1. The molecule has 0 radical (unpaired) electrons. The van der Waals surface area contributed by atoms with E-state index in [1.165, 1.54) is 24.1 Å². The van der Waals surface area contributed by atoms with Gasteiger partial charge in [0.05, 0.1) is 6.21 Å². The van der Waals surface area contributed by atoms with E-state index in [4.69, 9.17) is 4.74 Å². The van der Waals surface area contributed by atoms with Crippen LogP contribution in [0.2, 0.25) is 0 Å². The Morgan fingerprint density at radius 1 is 1.07 bits per heavy atom. The van der Waals surface area contributed by atoms with Crippen LogP contribution in [0.25, 0.3) is 0 Å². The van der Waals surface area contributed by atoms with E-state index in [2.05, 4.69) is 67.4 Å². The van der Waals surface area contributed by atoms with Crippen LogP contribution in [0.4, 0.5) is 5.69 Å². The van der Waals surface area contributed by atoms with E-state index in [0.717, 1.165) is 18.7 Å². The molecule has 0 aliphatic rings. The molecule has 1 unspecified atom stereocenters. The molecule has 0 spiro atoms. The highest BCUT2D eigenvalue weighted by Crippen LogP contribution is 2.22. The number of nitrogens with one attached hydrogen (secondary N) is 1. The van der Waals surface area contributed by atoms with Crippen molar-refractivity contribution in [2.45, 2.75) is 46.5 Å². The van der Waals surface area contributed by atoms with Crippen LogP contribution in [0.3, 0.4) is 0 Å². The minimum Gasteiger partial charge on any atom is -0.484 e. The predicted molar refractivity (Wildman–Crippen MR) is 121 cm³/mol. The number of nitrogens with zero attached hydrogens (tertiary/aromatic N) is 2. The summed E-state index contributed by atoms with van der Waals surface area (Å²) >= 11 is 0. The van der Waals surface area contributed by atoms with Gasteiger partial charge >= 0.3 is 0 Å². The summed E-state index contributed by atoms with van der Waals surface area (Å²) in [6.07, 6.45) is 3.97. The van der Waals surface area contributed by atoms with Crippen LogP contribution in [0, 0.1) is 0 Å². The number of hydrazone groups is 1. The summed E-state index contributed by atoms with van der Waals surface area (Å²) in [5.41, 5.74) is 5.90. The normalized spacial score (nSPS) is 12.0. The molecule has 0 fully saturated rings. The Morgan fingerprint density at radius 3 is 2.31 bits per heavy atom. The van der Waals surface area contributed by atoms with E-state index >= 15 is 0 Å². The molecule has 156 valence electrons. The number of ether oxygens (including phenoxy) is 1. The second kappa shape index (κ2) is 11.9. The molecule has 2 rings (SSSR count). The molecule has 1 N–H and O–H groups in total. The zero-order valence-corrected chi connectivity index (χ0v) is 18.0. The zero-order chi connectivity index (χ0) is 21.1. The molecule has 0 bridgehead atoms. The van der Waals surface area contributed by atoms with Crippen molar-refractivity contribution in [1.82, 2.24) is 5.43 Å². The van der Waals surface area contributed by atoms with Crippen molar-refractivity contribution in [2.24, 2.45) is 5.10 Å². The molecular formula is C24H33N3O2. The van der Waals surface area contributed by atoms with Crippen molar-refractivity contribution < 1.29 is 9.53 Å². The summed E-state index contributed by atoms with van der Waals surface area (Å²) in [7, 11) is 0. The highest BCUT2D eigenvalue weighted by molar-refractivity contribution is 5.83. The smallest absolute Gasteiger partial charge is 0.277 e. The van der Waals surface area contributed by atoms with Gasteiger partial charge in [0.2, 0.25) is 0 Å². The van der Waals surface area contributed by atoms with Crippen molar-refractivity contribution in [2.75, 3.05) is 24.6 Å². The first-order valence-corrected chi connectivity index (χ1v) is 10.5. The van der Waals surface area contributed by atoms with E-state index in [1.807, 2.05) is 24.3 Å². The van der Waals surface area contributed by atoms with Gasteiger partial charge in [-0.15, -0.1) is 0 Å². The van der Waals surface area contributed by atoms with E-state index in [9.17, 15) is 4.79 Å². The van der Waals surface area contributed by atoms with Gasteiger partial charge < -0.3 is 9.64 Å². The molecule has 5 heteroatoms. The molecular weight excluding hydrogens is 362 g/mol. The van der Waals surface area contributed by atoms with Gasteiger partial charge in [-0.3, -0.25) is 4.79 Å². The largest absolute Gasteiger partial charge is 0.484 e. The number of carbonyl (C=O) groups excluding carboxylic acids is 1. The van der Waals surface area contributed by atoms with Crippen molar-refractivity contribution in [3.05, 3.63) is 59.7 Å². The molecule has 0 saturated carbocycles. The Bertz CT molecular complexity index is 766. The first kappa shape index (κ1) is 22.5. The predicted octanol–water partition coefficient (Wildman–Crippen LogP) is 4.97. The molecule has 0 aromatic heterocycles. The molecule has 29 heavy (non-hydrogen) atoms. The fourth-order valence-electron chi connectivity index (χ4n) is 3.21. The van der Waals surface area contributed by atoms with Crippen molar-refractivity contribution in [3.63, 3.8) is 0 Å². The number of anilines is 1. The van der Waals surface area contributed by atoms with Crippen molar-refractivity contribution in [3.8, 4) is 5.75 Å². The SMILES string of the molecule is CCCC(C)c1ccc(OCC(=O)N/N=C/c2ccc(N(CC)CC)cc2)cc1. The van der Waals surface area contributed by atoms with Crippen LogP contribution in [0.15, 0.2) is 53.6 Å². The average Bonchev–Trinajstić information content (AvgIpc) is 2.75. The summed E-state index contributed by atoms with van der Waals surface area (Å²) < 4.78 is 5.54. The Labute approximate surface area is 174 Å². The molecule has 0 heterocycles. The average molecular weight is 396 g/mol. The van der Waals surface area contributed by atoms with Gasteiger partial charge in [-0.2, -0.15) is 5.10 Å². The first-order valence-electron chi connectivity index (χ1n) is 10.5. The van der Waals surface area contributed by atoms with Gasteiger partial charge in [0.25, 0.3) is 5.91 Å². The van der Waals surface area contributed by atoms with Crippen LogP contribution >= 0.6 is 0 Å². The quantitative estimate of drug-likeness (QED) is 0.432. The highest BCUT2D eigenvalue weighted by atomic mass is 16.5. The summed E-state index contributed by atoms with van der Waals surface area (Å²) in [5.74, 6) is 0.931. The van der Waals surface area contributed by atoms with Gasteiger partial charge in [0.1, 0.15) is 5.75 Å². The van der Waals surface area contributed by atoms with Crippen LogP contribution in [0.5, 0.6) is 5.75 Å². The lowest BCUT2D eigenvalue weighted by molar-refractivity contribution is -0.123. The number of hydrogen-bond acceptors (Lipinski definition) is 4. The van der Waals surface area contributed by atoms with Gasteiger partial charge in [0, 0.05) is 18.8 Å². The van der Waals surface area contributed by atoms with Crippen LogP contribution in [0.1, 0.15) is 57.6 Å². The molecule has 0 aliphatic carbocycles. The van der Waals surface area contributed by atoms with Crippen molar-refractivity contribution in [1.29, 1.82) is 0 Å². The topological polar surface area (TPSA) is 53.9 Å². The summed E-state index contributed by atoms with van der Waals surface area (Å²) in [4.78, 5) is 14.2. The molecule has 0 saturated heterocycles. The van der Waals surface area contributed by atoms with E-state index in [1.54, 1.807) is 6.21 Å². The lowest BCUT2D eigenvalue weighted by atomic mass is 9.97. The van der Waals surface area contributed by atoms with Gasteiger partial charge in [-0.1, -0.05) is 44.5 Å². The standard InChI is InChI=1S/C24H33N3O2/c1-5-8-19(4)21-11-15-23(16-12-21)29-18-24(28)26-25-17-20-9-13-22(14-10-20)27(6-2)7-3/h9-17,19H,5-8,18H2,1-4H3,(H,26,28)/b25-17+. The van der Waals surface area contributed by atoms with Gasteiger partial charge in [-0.25, -0.2) is 5.43 Å². The Hall–Kier alpha value is -2.82.